The van der Waals surface area contributed by atoms with Crippen LogP contribution in [0.1, 0.15) is 26.3 Å². The van der Waals surface area contributed by atoms with E-state index >= 15 is 0 Å². The number of allylic oxidation sites excluding steroid dienone is 1. The molecule has 1 N–H and O–H groups in total. The van der Waals surface area contributed by atoms with E-state index in [0.29, 0.717) is 16.8 Å². The standard InChI is InChI=1S/C16H11NO2/c18-15-12-8-4-5-9-13(12)16(19)17-14(15)10-11-6-2-1-3-7-11/h1-10H,(H,17,19)/b14-10+. The number of hydrogen-bond donors (Lipinski definition) is 1. The first kappa shape index (κ1) is 11.4. The fourth-order valence-electron chi connectivity index (χ4n) is 2.09. The maximum Gasteiger partial charge on any atom is 0.256 e. The van der Waals surface area contributed by atoms with Crippen molar-refractivity contribution in [3.8, 4) is 0 Å². The topological polar surface area (TPSA) is 46.2 Å². The van der Waals surface area contributed by atoms with Crippen molar-refractivity contribution >= 4 is 17.8 Å². The van der Waals surface area contributed by atoms with E-state index in [-0.39, 0.29) is 11.7 Å². The Morgan fingerprint density at radius 1 is 0.789 bits per heavy atom. The van der Waals surface area contributed by atoms with Gasteiger partial charge in [-0.05, 0) is 17.7 Å². The number of carbonyl (C=O) groups is 2. The largest absolute Gasteiger partial charge is 0.319 e. The van der Waals surface area contributed by atoms with Gasteiger partial charge in [0.15, 0.2) is 0 Å². The Labute approximate surface area is 110 Å². The highest BCUT2D eigenvalue weighted by Crippen LogP contribution is 2.20. The van der Waals surface area contributed by atoms with Crippen molar-refractivity contribution in [2.45, 2.75) is 0 Å². The fourth-order valence-corrected chi connectivity index (χ4v) is 2.09. The third-order valence-corrected chi connectivity index (χ3v) is 3.02. The van der Waals surface area contributed by atoms with E-state index in [1.807, 2.05) is 30.3 Å². The molecule has 2 aromatic carbocycles. The average molecular weight is 249 g/mol. The minimum absolute atomic E-state index is 0.154. The Morgan fingerprint density at radius 3 is 2.16 bits per heavy atom. The fraction of sp³-hybridized carbons (Fsp3) is 0. The van der Waals surface area contributed by atoms with Crippen molar-refractivity contribution < 1.29 is 9.59 Å². The van der Waals surface area contributed by atoms with E-state index in [2.05, 4.69) is 5.32 Å². The molecule has 0 unspecified atom stereocenters. The van der Waals surface area contributed by atoms with Crippen LogP contribution >= 0.6 is 0 Å². The Hall–Kier alpha value is -2.68. The van der Waals surface area contributed by atoms with Crippen molar-refractivity contribution in [1.82, 2.24) is 5.32 Å². The van der Waals surface area contributed by atoms with Crippen molar-refractivity contribution in [2.24, 2.45) is 0 Å². The van der Waals surface area contributed by atoms with E-state index < -0.39 is 0 Å². The lowest BCUT2D eigenvalue weighted by Gasteiger charge is -2.17. The molecule has 3 heteroatoms. The minimum atomic E-state index is -0.239. The SMILES string of the molecule is O=C1N/C(=C/c2ccccc2)C(=O)c2ccccc21. The number of nitrogens with one attached hydrogen (secondary N) is 1. The molecule has 0 fully saturated rings. The normalized spacial score (nSPS) is 16.1. The quantitative estimate of drug-likeness (QED) is 0.790. The van der Waals surface area contributed by atoms with Crippen LogP contribution in [-0.4, -0.2) is 11.7 Å². The molecule has 1 aliphatic heterocycles. The van der Waals surface area contributed by atoms with Crippen LogP contribution in [-0.2, 0) is 0 Å². The van der Waals surface area contributed by atoms with Crippen LogP contribution in [0.15, 0.2) is 60.3 Å². The van der Waals surface area contributed by atoms with Gasteiger partial charge < -0.3 is 5.32 Å². The number of Topliss-reactive ketones (excluding diaryl/α,β-unsaturated/α-hetero) is 1. The molecule has 0 aliphatic carbocycles. The first-order valence-electron chi connectivity index (χ1n) is 5.97. The highest BCUT2D eigenvalue weighted by molar-refractivity contribution is 6.22. The van der Waals surface area contributed by atoms with E-state index in [9.17, 15) is 9.59 Å². The first-order valence-corrected chi connectivity index (χ1v) is 5.97. The maximum absolute atomic E-state index is 12.3. The summed E-state index contributed by atoms with van der Waals surface area (Å²) >= 11 is 0. The molecule has 0 spiro atoms. The summed E-state index contributed by atoms with van der Waals surface area (Å²) in [5.74, 6) is -0.392. The van der Waals surface area contributed by atoms with Gasteiger partial charge >= 0.3 is 0 Å². The molecule has 0 atom stereocenters. The summed E-state index contributed by atoms with van der Waals surface area (Å²) < 4.78 is 0. The lowest BCUT2D eigenvalue weighted by Crippen LogP contribution is -2.34. The summed E-state index contributed by atoms with van der Waals surface area (Å²) in [5.41, 5.74) is 2.08. The summed E-state index contributed by atoms with van der Waals surface area (Å²) in [4.78, 5) is 24.2. The second-order valence-corrected chi connectivity index (χ2v) is 4.30. The zero-order valence-electron chi connectivity index (χ0n) is 10.1. The number of carbonyl (C=O) groups excluding carboxylic acids is 2. The van der Waals surface area contributed by atoms with Crippen molar-refractivity contribution in [3.05, 3.63) is 77.0 Å². The summed E-state index contributed by atoms with van der Waals surface area (Å²) in [6.07, 6.45) is 1.69. The van der Waals surface area contributed by atoms with Crippen LogP contribution in [0, 0.1) is 0 Å². The van der Waals surface area contributed by atoms with Gasteiger partial charge in [0.25, 0.3) is 5.91 Å². The monoisotopic (exact) mass is 249 g/mol. The third-order valence-electron chi connectivity index (χ3n) is 3.02. The smallest absolute Gasteiger partial charge is 0.256 e. The van der Waals surface area contributed by atoms with Crippen LogP contribution < -0.4 is 5.32 Å². The molecule has 0 aromatic heterocycles. The zero-order valence-corrected chi connectivity index (χ0v) is 10.1. The van der Waals surface area contributed by atoms with E-state index in [1.165, 1.54) is 0 Å². The molecule has 0 radical (unpaired) electrons. The van der Waals surface area contributed by atoms with Gasteiger partial charge in [0.05, 0.1) is 11.3 Å². The molecule has 1 heterocycles. The van der Waals surface area contributed by atoms with Gasteiger partial charge in [-0.25, -0.2) is 0 Å². The second-order valence-electron chi connectivity index (χ2n) is 4.30. The van der Waals surface area contributed by atoms with Gasteiger partial charge in [-0.15, -0.1) is 0 Å². The highest BCUT2D eigenvalue weighted by Gasteiger charge is 2.26. The maximum atomic E-state index is 12.3. The summed E-state index contributed by atoms with van der Waals surface area (Å²) in [6.45, 7) is 0. The van der Waals surface area contributed by atoms with Crippen LogP contribution in [0.2, 0.25) is 0 Å². The highest BCUT2D eigenvalue weighted by atomic mass is 16.2. The van der Waals surface area contributed by atoms with E-state index in [0.717, 1.165) is 5.56 Å². The van der Waals surface area contributed by atoms with Gasteiger partial charge in [0, 0.05) is 5.56 Å². The van der Waals surface area contributed by atoms with Crippen LogP contribution in [0.3, 0.4) is 0 Å². The Morgan fingerprint density at radius 2 is 1.42 bits per heavy atom. The molecule has 3 rings (SSSR count). The predicted molar refractivity (Wildman–Crippen MR) is 72.7 cm³/mol. The summed E-state index contributed by atoms with van der Waals surface area (Å²) in [6, 6.07) is 16.3. The van der Waals surface area contributed by atoms with Crippen molar-refractivity contribution in [2.75, 3.05) is 0 Å². The number of rotatable bonds is 1. The summed E-state index contributed by atoms with van der Waals surface area (Å²) in [5, 5.41) is 2.64. The van der Waals surface area contributed by atoms with Gasteiger partial charge in [0.2, 0.25) is 5.78 Å². The summed E-state index contributed by atoms with van der Waals surface area (Å²) in [7, 11) is 0. The Balaban J connectivity index is 2.06. The first-order chi connectivity index (χ1) is 9.25. The molecule has 3 nitrogen and oxygen atoms in total. The number of fused-ring (bicyclic) bond motifs is 1. The minimum Gasteiger partial charge on any atom is -0.319 e. The van der Waals surface area contributed by atoms with E-state index in [1.54, 1.807) is 30.3 Å². The molecule has 92 valence electrons. The predicted octanol–water partition coefficient (Wildman–Crippen LogP) is 2.65. The van der Waals surface area contributed by atoms with Gasteiger partial charge in [0.1, 0.15) is 0 Å². The molecule has 0 bridgehead atoms. The zero-order chi connectivity index (χ0) is 13.2. The number of amides is 1. The Kier molecular flexibility index (Phi) is 2.72. The molecule has 19 heavy (non-hydrogen) atoms. The molecule has 1 amide bonds. The molecule has 2 aromatic rings. The van der Waals surface area contributed by atoms with Crippen LogP contribution in [0.5, 0.6) is 0 Å². The molecule has 0 saturated heterocycles. The van der Waals surface area contributed by atoms with Crippen LogP contribution in [0.25, 0.3) is 6.08 Å². The second kappa shape index (κ2) is 4.53. The van der Waals surface area contributed by atoms with Crippen molar-refractivity contribution in [1.29, 1.82) is 0 Å². The van der Waals surface area contributed by atoms with Crippen LogP contribution in [0.4, 0.5) is 0 Å². The molecule has 0 saturated carbocycles. The molecular weight excluding hydrogens is 238 g/mol. The third kappa shape index (κ3) is 2.06. The molecular formula is C16H11NO2. The lowest BCUT2D eigenvalue weighted by atomic mass is 9.96. The van der Waals surface area contributed by atoms with Gasteiger partial charge in [-0.2, -0.15) is 0 Å². The number of benzene rings is 2. The average Bonchev–Trinajstić information content (AvgIpc) is 2.46. The molecule has 1 aliphatic rings. The van der Waals surface area contributed by atoms with Gasteiger partial charge in [-0.3, -0.25) is 9.59 Å². The van der Waals surface area contributed by atoms with Crippen molar-refractivity contribution in [3.63, 3.8) is 0 Å². The lowest BCUT2D eigenvalue weighted by molar-refractivity contribution is 0.0910. The number of ketones is 1. The van der Waals surface area contributed by atoms with E-state index in [4.69, 9.17) is 0 Å². The van der Waals surface area contributed by atoms with Gasteiger partial charge in [-0.1, -0.05) is 48.5 Å². The number of hydrogen-bond acceptors (Lipinski definition) is 2. The Bertz CT molecular complexity index is 687.